The maximum atomic E-state index is 12.3. The van der Waals surface area contributed by atoms with Crippen LogP contribution in [0.15, 0.2) is 6.33 Å². The number of likely N-dealkylation sites (N-methyl/N-ethyl adjacent to an activating group) is 1. The topological polar surface area (TPSA) is 83.4 Å². The third-order valence-corrected chi connectivity index (χ3v) is 3.55. The average Bonchev–Trinajstić information content (AvgIpc) is 2.79. The monoisotopic (exact) mass is 294 g/mol. The Bertz CT molecular complexity index is 515. The Morgan fingerprint density at radius 3 is 2.86 bits per heavy atom. The number of rotatable bonds is 3. The van der Waals surface area contributed by atoms with Gasteiger partial charge in [-0.15, -0.1) is 0 Å². The number of nitrogens with zero attached hydrogens (tertiary/aromatic N) is 5. The second-order valence-corrected chi connectivity index (χ2v) is 5.20. The zero-order valence-electron chi connectivity index (χ0n) is 12.7. The van der Waals surface area contributed by atoms with Gasteiger partial charge in [-0.3, -0.25) is 9.48 Å². The maximum absolute atomic E-state index is 12.3. The third-order valence-electron chi connectivity index (χ3n) is 3.55. The number of carbonyl (C=O) groups is 2. The van der Waals surface area contributed by atoms with Crippen LogP contribution in [0.4, 0.5) is 4.79 Å². The fourth-order valence-electron chi connectivity index (χ4n) is 2.32. The van der Waals surface area contributed by atoms with Crippen LogP contribution in [-0.2, 0) is 11.8 Å². The number of nitrogens with one attached hydrogen (secondary N) is 1. The summed E-state index contributed by atoms with van der Waals surface area (Å²) in [7, 11) is 1.78. The summed E-state index contributed by atoms with van der Waals surface area (Å²) in [4.78, 5) is 31.7. The van der Waals surface area contributed by atoms with Crippen LogP contribution in [0, 0.1) is 0 Å². The minimum Gasteiger partial charge on any atom is -0.341 e. The van der Waals surface area contributed by atoms with Crippen molar-refractivity contribution in [3.8, 4) is 0 Å². The zero-order chi connectivity index (χ0) is 15.4. The van der Waals surface area contributed by atoms with Crippen molar-refractivity contribution in [3.63, 3.8) is 0 Å². The van der Waals surface area contributed by atoms with Crippen molar-refractivity contribution in [3.05, 3.63) is 12.2 Å². The van der Waals surface area contributed by atoms with E-state index in [0.717, 1.165) is 6.42 Å². The molecular formula is C13H22N6O2. The van der Waals surface area contributed by atoms with Crippen molar-refractivity contribution in [1.82, 2.24) is 29.9 Å². The molecule has 1 aromatic rings. The summed E-state index contributed by atoms with van der Waals surface area (Å²) in [6, 6.07) is -0.541. The minimum atomic E-state index is -0.292. The Balaban J connectivity index is 1.95. The highest BCUT2D eigenvalue weighted by Gasteiger charge is 2.25. The first-order chi connectivity index (χ1) is 10.0. The summed E-state index contributed by atoms with van der Waals surface area (Å²) in [6.07, 6.45) is 2.38. The number of aryl methyl sites for hydroxylation is 1. The highest BCUT2D eigenvalue weighted by molar-refractivity contribution is 5.84. The Hall–Kier alpha value is -2.12. The lowest BCUT2D eigenvalue weighted by Gasteiger charge is -2.22. The van der Waals surface area contributed by atoms with Crippen molar-refractivity contribution in [2.45, 2.75) is 26.3 Å². The largest absolute Gasteiger partial charge is 0.341 e. The maximum Gasteiger partial charge on any atom is 0.318 e. The molecule has 2 rings (SSSR count). The summed E-state index contributed by atoms with van der Waals surface area (Å²) >= 11 is 0. The standard InChI is InChI=1S/C13H22N6O2/c1-4-18-6-5-7-19(8-11(18)20)13(21)15-10(2)12-14-9-17(3)16-12/h9-10H,4-8H2,1-3H3,(H,15,21). The van der Waals surface area contributed by atoms with Gasteiger partial charge in [0.15, 0.2) is 5.82 Å². The number of carbonyl (C=O) groups excluding carboxylic acids is 2. The molecule has 2 heterocycles. The van der Waals surface area contributed by atoms with Crippen molar-refractivity contribution in [2.24, 2.45) is 7.05 Å². The van der Waals surface area contributed by atoms with Crippen LogP contribution in [0.5, 0.6) is 0 Å². The quantitative estimate of drug-likeness (QED) is 0.859. The van der Waals surface area contributed by atoms with Gasteiger partial charge in [0.1, 0.15) is 12.9 Å². The molecule has 3 amide bonds. The third kappa shape index (κ3) is 3.71. The van der Waals surface area contributed by atoms with Crippen molar-refractivity contribution < 1.29 is 9.59 Å². The van der Waals surface area contributed by atoms with Gasteiger partial charge >= 0.3 is 6.03 Å². The molecular weight excluding hydrogens is 272 g/mol. The van der Waals surface area contributed by atoms with Crippen molar-refractivity contribution in [1.29, 1.82) is 0 Å². The van der Waals surface area contributed by atoms with Crippen molar-refractivity contribution >= 4 is 11.9 Å². The van der Waals surface area contributed by atoms with Crippen LogP contribution >= 0.6 is 0 Å². The molecule has 1 fully saturated rings. The van der Waals surface area contributed by atoms with Crippen LogP contribution < -0.4 is 5.32 Å². The normalized spacial score (nSPS) is 17.6. The van der Waals surface area contributed by atoms with Gasteiger partial charge in [0.25, 0.3) is 0 Å². The molecule has 116 valence electrons. The molecule has 0 bridgehead atoms. The Kier molecular flexibility index (Phi) is 4.77. The van der Waals surface area contributed by atoms with Crippen LogP contribution in [0.2, 0.25) is 0 Å². The zero-order valence-corrected chi connectivity index (χ0v) is 12.7. The van der Waals surface area contributed by atoms with Crippen LogP contribution in [-0.4, -0.2) is 62.7 Å². The van der Waals surface area contributed by atoms with Gasteiger partial charge in [0.05, 0.1) is 6.04 Å². The molecule has 8 nitrogen and oxygen atoms in total. The van der Waals surface area contributed by atoms with E-state index in [1.807, 2.05) is 13.8 Å². The molecule has 8 heteroatoms. The van der Waals surface area contributed by atoms with E-state index >= 15 is 0 Å². The molecule has 0 radical (unpaired) electrons. The SMILES string of the molecule is CCN1CCCN(C(=O)NC(C)c2ncn(C)n2)CC1=O. The van der Waals surface area contributed by atoms with Gasteiger partial charge in [-0.2, -0.15) is 5.10 Å². The molecule has 1 N–H and O–H groups in total. The fourth-order valence-corrected chi connectivity index (χ4v) is 2.32. The molecule has 1 aliphatic heterocycles. The first-order valence-corrected chi connectivity index (χ1v) is 7.20. The second-order valence-electron chi connectivity index (χ2n) is 5.20. The summed E-state index contributed by atoms with van der Waals surface area (Å²) in [5.41, 5.74) is 0. The van der Waals surface area contributed by atoms with Gasteiger partial charge in [-0.25, -0.2) is 9.78 Å². The Morgan fingerprint density at radius 2 is 2.24 bits per heavy atom. The molecule has 1 atom stereocenters. The molecule has 1 aliphatic rings. The van der Waals surface area contributed by atoms with E-state index in [9.17, 15) is 9.59 Å². The first kappa shape index (κ1) is 15.3. The van der Waals surface area contributed by atoms with E-state index in [1.165, 1.54) is 0 Å². The van der Waals surface area contributed by atoms with Gasteiger partial charge < -0.3 is 15.1 Å². The van der Waals surface area contributed by atoms with E-state index in [1.54, 1.807) is 27.9 Å². The van der Waals surface area contributed by atoms with Gasteiger partial charge in [0, 0.05) is 26.7 Å². The van der Waals surface area contributed by atoms with Crippen LogP contribution in [0.25, 0.3) is 0 Å². The summed E-state index contributed by atoms with van der Waals surface area (Å²) < 4.78 is 1.59. The highest BCUT2D eigenvalue weighted by Crippen LogP contribution is 2.09. The van der Waals surface area contributed by atoms with E-state index < -0.39 is 0 Å². The fraction of sp³-hybridized carbons (Fsp3) is 0.692. The molecule has 1 saturated heterocycles. The van der Waals surface area contributed by atoms with Crippen molar-refractivity contribution in [2.75, 3.05) is 26.2 Å². The van der Waals surface area contributed by atoms with Crippen LogP contribution in [0.1, 0.15) is 32.1 Å². The molecule has 1 unspecified atom stereocenters. The summed E-state index contributed by atoms with van der Waals surface area (Å²) in [6.45, 7) is 5.87. The first-order valence-electron chi connectivity index (χ1n) is 7.20. The average molecular weight is 294 g/mol. The van der Waals surface area contributed by atoms with E-state index in [2.05, 4.69) is 15.4 Å². The van der Waals surface area contributed by atoms with Crippen LogP contribution in [0.3, 0.4) is 0 Å². The van der Waals surface area contributed by atoms with E-state index in [-0.39, 0.29) is 24.5 Å². The lowest BCUT2D eigenvalue weighted by molar-refractivity contribution is -0.130. The lowest BCUT2D eigenvalue weighted by atomic mass is 10.3. The number of hydrogen-bond acceptors (Lipinski definition) is 4. The number of urea groups is 1. The Morgan fingerprint density at radius 1 is 1.48 bits per heavy atom. The summed E-state index contributed by atoms with van der Waals surface area (Å²) in [5.74, 6) is 0.552. The minimum absolute atomic E-state index is 0.00577. The number of amides is 3. The molecule has 0 aromatic carbocycles. The van der Waals surface area contributed by atoms with Gasteiger partial charge in [-0.1, -0.05) is 0 Å². The highest BCUT2D eigenvalue weighted by atomic mass is 16.2. The summed E-state index contributed by atoms with van der Waals surface area (Å²) in [5, 5.41) is 7.00. The van der Waals surface area contributed by atoms with E-state index in [4.69, 9.17) is 0 Å². The van der Waals surface area contributed by atoms with Gasteiger partial charge in [-0.05, 0) is 20.3 Å². The molecule has 0 spiro atoms. The molecule has 0 aliphatic carbocycles. The molecule has 1 aromatic heterocycles. The molecule has 0 saturated carbocycles. The predicted molar refractivity (Wildman–Crippen MR) is 76.4 cm³/mol. The lowest BCUT2D eigenvalue weighted by Crippen LogP contribution is -2.45. The van der Waals surface area contributed by atoms with E-state index in [0.29, 0.717) is 25.5 Å². The van der Waals surface area contributed by atoms with Gasteiger partial charge in [0.2, 0.25) is 5.91 Å². The second kappa shape index (κ2) is 6.55. The number of aromatic nitrogens is 3. The predicted octanol–water partition coefficient (Wildman–Crippen LogP) is 0.140. The smallest absolute Gasteiger partial charge is 0.318 e. The number of hydrogen-bond donors (Lipinski definition) is 1. The Labute approximate surface area is 124 Å². The molecule has 21 heavy (non-hydrogen) atoms.